The zero-order chi connectivity index (χ0) is 16.2. The monoisotopic (exact) mass is 317 g/mol. The molecule has 0 saturated heterocycles. The lowest BCUT2D eigenvalue weighted by Crippen LogP contribution is -2.23. The van der Waals surface area contributed by atoms with Crippen LogP contribution in [0.4, 0.5) is 0 Å². The number of hydrogen-bond donors (Lipinski definition) is 1. The van der Waals surface area contributed by atoms with Gasteiger partial charge >= 0.3 is 0 Å². The molecular formula is C17H19NO3S. The van der Waals surface area contributed by atoms with Crippen molar-refractivity contribution in [2.75, 3.05) is 6.26 Å². The van der Waals surface area contributed by atoms with Crippen molar-refractivity contribution in [2.45, 2.75) is 19.2 Å². The van der Waals surface area contributed by atoms with Crippen molar-refractivity contribution in [2.24, 2.45) is 0 Å². The Hall–Kier alpha value is -2.14. The number of hydrogen-bond acceptors (Lipinski definition) is 3. The highest BCUT2D eigenvalue weighted by Crippen LogP contribution is 2.09. The van der Waals surface area contributed by atoms with Crippen molar-refractivity contribution in [3.63, 3.8) is 0 Å². The van der Waals surface area contributed by atoms with Gasteiger partial charge in [0.1, 0.15) is 0 Å². The Balaban J connectivity index is 2.00. The summed E-state index contributed by atoms with van der Waals surface area (Å²) in [4.78, 5) is 12.1. The van der Waals surface area contributed by atoms with E-state index >= 15 is 0 Å². The zero-order valence-corrected chi connectivity index (χ0v) is 13.5. The van der Waals surface area contributed by atoms with E-state index in [1.165, 1.54) is 6.26 Å². The van der Waals surface area contributed by atoms with Crippen LogP contribution in [0.1, 0.15) is 27.0 Å². The summed E-state index contributed by atoms with van der Waals surface area (Å²) in [5.41, 5.74) is 3.40. The van der Waals surface area contributed by atoms with Crippen molar-refractivity contribution >= 4 is 15.7 Å². The molecule has 0 radical (unpaired) electrons. The maximum Gasteiger partial charge on any atom is 0.251 e. The van der Waals surface area contributed by atoms with Gasteiger partial charge in [-0.25, -0.2) is 8.42 Å². The van der Waals surface area contributed by atoms with Gasteiger partial charge in [0.05, 0.1) is 5.75 Å². The fourth-order valence-electron chi connectivity index (χ4n) is 2.14. The minimum absolute atomic E-state index is 0.0158. The van der Waals surface area contributed by atoms with Gasteiger partial charge in [0, 0.05) is 18.4 Å². The van der Waals surface area contributed by atoms with Crippen molar-refractivity contribution in [1.29, 1.82) is 0 Å². The minimum atomic E-state index is -3.06. The third-order valence-electron chi connectivity index (χ3n) is 3.35. The van der Waals surface area contributed by atoms with Gasteiger partial charge < -0.3 is 5.32 Å². The fraction of sp³-hybridized carbons (Fsp3) is 0.235. The molecule has 0 aliphatic heterocycles. The lowest BCUT2D eigenvalue weighted by molar-refractivity contribution is 0.0951. The van der Waals surface area contributed by atoms with E-state index in [1.807, 2.05) is 31.2 Å². The first-order valence-electron chi connectivity index (χ1n) is 6.94. The van der Waals surface area contributed by atoms with E-state index in [2.05, 4.69) is 5.32 Å². The second-order valence-corrected chi connectivity index (χ2v) is 7.52. The van der Waals surface area contributed by atoms with Crippen LogP contribution in [0.25, 0.3) is 0 Å². The topological polar surface area (TPSA) is 63.2 Å². The molecule has 0 aliphatic carbocycles. The molecule has 2 rings (SSSR count). The Morgan fingerprint density at radius 3 is 2.27 bits per heavy atom. The van der Waals surface area contributed by atoms with Gasteiger partial charge in [-0.3, -0.25) is 4.79 Å². The molecule has 0 atom stereocenters. The maximum atomic E-state index is 12.1. The van der Waals surface area contributed by atoms with Crippen molar-refractivity contribution in [1.82, 2.24) is 5.32 Å². The van der Waals surface area contributed by atoms with Crippen LogP contribution in [-0.4, -0.2) is 20.6 Å². The van der Waals surface area contributed by atoms with Crippen molar-refractivity contribution in [3.8, 4) is 0 Å². The summed E-state index contributed by atoms with van der Waals surface area (Å²) in [5.74, 6) is -0.188. The molecule has 0 saturated carbocycles. The number of benzene rings is 2. The molecule has 2 aromatic rings. The van der Waals surface area contributed by atoms with E-state index in [9.17, 15) is 13.2 Å². The Morgan fingerprint density at radius 1 is 1.05 bits per heavy atom. The molecule has 1 N–H and O–H groups in total. The Morgan fingerprint density at radius 2 is 1.68 bits per heavy atom. The molecule has 116 valence electrons. The highest BCUT2D eigenvalue weighted by molar-refractivity contribution is 7.89. The van der Waals surface area contributed by atoms with Gasteiger partial charge in [0.25, 0.3) is 5.91 Å². The standard InChI is InChI=1S/C17H19NO3S/c1-13-5-3-4-6-16(13)11-18-17(19)15-9-7-14(8-10-15)12-22(2,20)21/h3-10H,11-12H2,1-2H3,(H,18,19). The summed E-state index contributed by atoms with van der Waals surface area (Å²) in [6.45, 7) is 2.47. The highest BCUT2D eigenvalue weighted by atomic mass is 32.2. The number of carbonyl (C=O) groups excluding carboxylic acids is 1. The summed E-state index contributed by atoms with van der Waals surface area (Å²) >= 11 is 0. The lowest BCUT2D eigenvalue weighted by Gasteiger charge is -2.08. The Bertz CT molecular complexity index is 765. The average Bonchev–Trinajstić information content (AvgIpc) is 2.45. The first-order chi connectivity index (χ1) is 10.3. The first-order valence-corrected chi connectivity index (χ1v) is 9.00. The van der Waals surface area contributed by atoms with Gasteiger partial charge in [-0.2, -0.15) is 0 Å². The quantitative estimate of drug-likeness (QED) is 0.921. The minimum Gasteiger partial charge on any atom is -0.348 e. The van der Waals surface area contributed by atoms with Gasteiger partial charge in [-0.1, -0.05) is 36.4 Å². The Labute approximate surface area is 131 Å². The largest absolute Gasteiger partial charge is 0.348 e. The first kappa shape index (κ1) is 16.2. The van der Waals surface area contributed by atoms with Crippen LogP contribution < -0.4 is 5.32 Å². The highest BCUT2D eigenvalue weighted by Gasteiger charge is 2.08. The van der Waals surface area contributed by atoms with Gasteiger partial charge in [0.2, 0.25) is 0 Å². The molecule has 0 unspecified atom stereocenters. The molecule has 22 heavy (non-hydrogen) atoms. The third-order valence-corrected chi connectivity index (χ3v) is 4.20. The second-order valence-electron chi connectivity index (χ2n) is 5.38. The van der Waals surface area contributed by atoms with Crippen LogP contribution in [0, 0.1) is 6.92 Å². The van der Waals surface area contributed by atoms with Crippen LogP contribution in [0.15, 0.2) is 48.5 Å². The van der Waals surface area contributed by atoms with Crippen LogP contribution in [0.2, 0.25) is 0 Å². The van der Waals surface area contributed by atoms with E-state index < -0.39 is 9.84 Å². The summed E-state index contributed by atoms with van der Waals surface area (Å²) in [6.07, 6.45) is 1.19. The lowest BCUT2D eigenvalue weighted by atomic mass is 10.1. The number of nitrogens with one attached hydrogen (secondary N) is 1. The molecule has 0 spiro atoms. The molecular weight excluding hydrogens is 298 g/mol. The molecule has 4 nitrogen and oxygen atoms in total. The van der Waals surface area contributed by atoms with E-state index in [0.29, 0.717) is 17.7 Å². The summed E-state index contributed by atoms with van der Waals surface area (Å²) < 4.78 is 22.5. The van der Waals surface area contributed by atoms with Gasteiger partial charge in [0.15, 0.2) is 9.84 Å². The fourth-order valence-corrected chi connectivity index (χ4v) is 2.94. The summed E-state index contributed by atoms with van der Waals surface area (Å²) in [7, 11) is -3.06. The summed E-state index contributed by atoms with van der Waals surface area (Å²) in [6, 6.07) is 14.5. The van der Waals surface area contributed by atoms with Gasteiger partial charge in [-0.15, -0.1) is 0 Å². The van der Waals surface area contributed by atoms with E-state index in [-0.39, 0.29) is 11.7 Å². The normalized spacial score (nSPS) is 11.2. The number of aryl methyl sites for hydroxylation is 1. The molecule has 0 aromatic heterocycles. The number of rotatable bonds is 5. The third kappa shape index (κ3) is 4.70. The second kappa shape index (κ2) is 6.75. The number of carbonyl (C=O) groups is 1. The van der Waals surface area contributed by atoms with Crippen molar-refractivity contribution in [3.05, 3.63) is 70.8 Å². The smallest absolute Gasteiger partial charge is 0.251 e. The maximum absolute atomic E-state index is 12.1. The zero-order valence-electron chi connectivity index (χ0n) is 12.7. The van der Waals surface area contributed by atoms with Crippen LogP contribution in [0.5, 0.6) is 0 Å². The molecule has 0 bridgehead atoms. The SMILES string of the molecule is Cc1ccccc1CNC(=O)c1ccc(CS(C)(=O)=O)cc1. The molecule has 0 heterocycles. The molecule has 2 aromatic carbocycles. The molecule has 0 aliphatic rings. The van der Waals surface area contributed by atoms with E-state index in [1.54, 1.807) is 24.3 Å². The van der Waals surface area contributed by atoms with E-state index in [0.717, 1.165) is 11.1 Å². The number of sulfone groups is 1. The molecule has 0 fully saturated rings. The van der Waals surface area contributed by atoms with Gasteiger partial charge in [-0.05, 0) is 35.7 Å². The van der Waals surface area contributed by atoms with Crippen LogP contribution >= 0.6 is 0 Å². The summed E-state index contributed by atoms with van der Waals surface area (Å²) in [5, 5.41) is 2.87. The molecule has 1 amide bonds. The van der Waals surface area contributed by atoms with E-state index in [4.69, 9.17) is 0 Å². The Kier molecular flexibility index (Phi) is 4.98. The number of amides is 1. The predicted molar refractivity (Wildman–Crippen MR) is 87.3 cm³/mol. The predicted octanol–water partition coefficient (Wildman–Crippen LogP) is 2.47. The van der Waals surface area contributed by atoms with Crippen LogP contribution in [0.3, 0.4) is 0 Å². The van der Waals surface area contributed by atoms with Crippen molar-refractivity contribution < 1.29 is 13.2 Å². The molecule has 5 heteroatoms. The van der Waals surface area contributed by atoms with Crippen LogP contribution in [-0.2, 0) is 22.1 Å². The average molecular weight is 317 g/mol.